The Balaban J connectivity index is 1.49. The summed E-state index contributed by atoms with van der Waals surface area (Å²) >= 11 is 1.54. The van der Waals surface area contributed by atoms with Crippen LogP contribution in [0.5, 0.6) is 5.75 Å². The number of pyridine rings is 1. The molecule has 0 bridgehead atoms. The SMILES string of the molecule is COc1ccc(-c2cn3cc(C(=O)NCc4ccccn4)nc3s2)cc1. The molecular formula is C19H16N4O2S. The molecule has 0 unspecified atom stereocenters. The monoisotopic (exact) mass is 364 g/mol. The van der Waals surface area contributed by atoms with Gasteiger partial charge in [0.2, 0.25) is 0 Å². The van der Waals surface area contributed by atoms with Crippen LogP contribution < -0.4 is 10.1 Å². The molecule has 0 saturated heterocycles. The lowest BCUT2D eigenvalue weighted by Crippen LogP contribution is -2.23. The van der Waals surface area contributed by atoms with Crippen molar-refractivity contribution in [3.05, 3.63) is 72.4 Å². The molecule has 0 aliphatic heterocycles. The fraction of sp³-hybridized carbons (Fsp3) is 0.105. The number of rotatable bonds is 5. The van der Waals surface area contributed by atoms with Crippen LogP contribution in [0.25, 0.3) is 15.4 Å². The first-order chi connectivity index (χ1) is 12.7. The van der Waals surface area contributed by atoms with Crippen molar-refractivity contribution in [3.8, 4) is 16.2 Å². The minimum atomic E-state index is -0.211. The molecule has 0 spiro atoms. The summed E-state index contributed by atoms with van der Waals surface area (Å²) < 4.78 is 7.06. The van der Waals surface area contributed by atoms with E-state index in [2.05, 4.69) is 15.3 Å². The first kappa shape index (κ1) is 16.3. The molecule has 3 heterocycles. The van der Waals surface area contributed by atoms with Crippen LogP contribution in [-0.4, -0.2) is 27.4 Å². The summed E-state index contributed by atoms with van der Waals surface area (Å²) in [4.78, 5) is 22.8. The van der Waals surface area contributed by atoms with Crippen LogP contribution in [-0.2, 0) is 6.54 Å². The van der Waals surface area contributed by atoms with Gasteiger partial charge in [-0.2, -0.15) is 0 Å². The minimum absolute atomic E-state index is 0.211. The van der Waals surface area contributed by atoms with Gasteiger partial charge in [-0.15, -0.1) is 0 Å². The van der Waals surface area contributed by atoms with E-state index in [-0.39, 0.29) is 5.91 Å². The van der Waals surface area contributed by atoms with E-state index < -0.39 is 0 Å². The Morgan fingerprint density at radius 3 is 2.73 bits per heavy atom. The average molecular weight is 364 g/mol. The summed E-state index contributed by atoms with van der Waals surface area (Å²) in [6.45, 7) is 0.377. The summed E-state index contributed by atoms with van der Waals surface area (Å²) in [5.74, 6) is 0.611. The van der Waals surface area contributed by atoms with Crippen LogP contribution >= 0.6 is 11.3 Å². The van der Waals surface area contributed by atoms with E-state index in [9.17, 15) is 4.79 Å². The van der Waals surface area contributed by atoms with Gasteiger partial charge in [0.25, 0.3) is 5.91 Å². The molecule has 130 valence electrons. The van der Waals surface area contributed by atoms with Crippen LogP contribution in [0, 0.1) is 0 Å². The summed E-state index contributed by atoms with van der Waals surface area (Å²) in [6.07, 6.45) is 5.42. The molecule has 26 heavy (non-hydrogen) atoms. The zero-order valence-electron chi connectivity index (χ0n) is 14.0. The van der Waals surface area contributed by atoms with Crippen molar-refractivity contribution in [1.29, 1.82) is 0 Å². The molecule has 0 radical (unpaired) electrons. The average Bonchev–Trinajstić information content (AvgIpc) is 3.26. The van der Waals surface area contributed by atoms with Crippen molar-refractivity contribution in [2.24, 2.45) is 0 Å². The fourth-order valence-corrected chi connectivity index (χ4v) is 3.53. The van der Waals surface area contributed by atoms with Gasteiger partial charge in [0.1, 0.15) is 11.4 Å². The van der Waals surface area contributed by atoms with Crippen LogP contribution in [0.2, 0.25) is 0 Å². The third-order valence-corrected chi connectivity index (χ3v) is 4.97. The second kappa shape index (κ2) is 6.97. The number of fused-ring (bicyclic) bond motifs is 1. The second-order valence-corrected chi connectivity index (χ2v) is 6.65. The maximum absolute atomic E-state index is 12.3. The molecule has 0 aliphatic carbocycles. The number of hydrogen-bond donors (Lipinski definition) is 1. The van der Waals surface area contributed by atoms with Crippen molar-refractivity contribution in [2.45, 2.75) is 6.54 Å². The molecule has 0 atom stereocenters. The van der Waals surface area contributed by atoms with Crippen LogP contribution in [0.1, 0.15) is 16.2 Å². The first-order valence-corrected chi connectivity index (χ1v) is 8.85. The molecule has 1 N–H and O–H groups in total. The molecule has 3 aromatic heterocycles. The van der Waals surface area contributed by atoms with Crippen molar-refractivity contribution in [1.82, 2.24) is 19.7 Å². The number of carbonyl (C=O) groups excluding carboxylic acids is 1. The highest BCUT2D eigenvalue weighted by atomic mass is 32.1. The van der Waals surface area contributed by atoms with Gasteiger partial charge in [0, 0.05) is 18.6 Å². The largest absolute Gasteiger partial charge is 0.497 e. The van der Waals surface area contributed by atoms with Gasteiger partial charge in [-0.05, 0) is 42.0 Å². The standard InChI is InChI=1S/C19H16N4O2S/c1-25-15-7-5-13(6-8-15)17-12-23-11-16(22-19(23)26-17)18(24)21-10-14-4-2-3-9-20-14/h2-9,11-12H,10H2,1H3,(H,21,24). The second-order valence-electron chi connectivity index (χ2n) is 5.64. The Bertz CT molecular complexity index is 1010. The Hall–Kier alpha value is -3.19. The number of ether oxygens (including phenoxy) is 1. The maximum atomic E-state index is 12.3. The van der Waals surface area contributed by atoms with Gasteiger partial charge < -0.3 is 10.1 Å². The lowest BCUT2D eigenvalue weighted by Gasteiger charge is -2.02. The number of benzene rings is 1. The summed E-state index contributed by atoms with van der Waals surface area (Å²) in [5.41, 5.74) is 2.29. The van der Waals surface area contributed by atoms with E-state index in [4.69, 9.17) is 4.74 Å². The number of methoxy groups -OCH3 is 1. The molecule has 0 saturated carbocycles. The fourth-order valence-electron chi connectivity index (χ4n) is 2.56. The molecule has 6 nitrogen and oxygen atoms in total. The summed E-state index contributed by atoms with van der Waals surface area (Å²) in [6, 6.07) is 13.5. The van der Waals surface area contributed by atoms with E-state index in [1.54, 1.807) is 19.5 Å². The third-order valence-electron chi connectivity index (χ3n) is 3.92. The molecule has 1 amide bonds. The zero-order chi connectivity index (χ0) is 17.9. The molecule has 1 aromatic carbocycles. The molecule has 0 aliphatic rings. The molecular weight excluding hydrogens is 348 g/mol. The molecule has 4 rings (SSSR count). The number of nitrogens with zero attached hydrogens (tertiary/aromatic N) is 3. The predicted octanol–water partition coefficient (Wildman–Crippen LogP) is 3.40. The Morgan fingerprint density at radius 2 is 2.04 bits per heavy atom. The van der Waals surface area contributed by atoms with Gasteiger partial charge in [0.15, 0.2) is 4.96 Å². The number of aromatic nitrogens is 3. The highest BCUT2D eigenvalue weighted by Gasteiger charge is 2.13. The Kier molecular flexibility index (Phi) is 4.37. The highest BCUT2D eigenvalue weighted by molar-refractivity contribution is 7.20. The van der Waals surface area contributed by atoms with E-state index in [1.807, 2.05) is 53.1 Å². The highest BCUT2D eigenvalue weighted by Crippen LogP contribution is 2.29. The normalized spacial score (nSPS) is 10.8. The number of hydrogen-bond acceptors (Lipinski definition) is 5. The number of carbonyl (C=O) groups is 1. The van der Waals surface area contributed by atoms with Gasteiger partial charge in [-0.25, -0.2) is 4.98 Å². The molecule has 0 fully saturated rings. The lowest BCUT2D eigenvalue weighted by molar-refractivity contribution is 0.0946. The Labute approximate surface area is 154 Å². The van der Waals surface area contributed by atoms with E-state index in [0.717, 1.165) is 26.8 Å². The molecule has 7 heteroatoms. The van der Waals surface area contributed by atoms with Crippen molar-refractivity contribution >= 4 is 22.2 Å². The van der Waals surface area contributed by atoms with Crippen molar-refractivity contribution in [3.63, 3.8) is 0 Å². The smallest absolute Gasteiger partial charge is 0.271 e. The first-order valence-electron chi connectivity index (χ1n) is 8.04. The topological polar surface area (TPSA) is 68.5 Å². The van der Waals surface area contributed by atoms with Gasteiger partial charge in [-0.3, -0.25) is 14.2 Å². The van der Waals surface area contributed by atoms with Crippen LogP contribution in [0.15, 0.2) is 61.1 Å². The summed E-state index contributed by atoms with van der Waals surface area (Å²) in [5, 5.41) is 2.84. The third kappa shape index (κ3) is 3.29. The van der Waals surface area contributed by atoms with Crippen molar-refractivity contribution < 1.29 is 9.53 Å². The van der Waals surface area contributed by atoms with E-state index >= 15 is 0 Å². The predicted molar refractivity (Wildman–Crippen MR) is 100 cm³/mol. The van der Waals surface area contributed by atoms with Gasteiger partial charge >= 0.3 is 0 Å². The minimum Gasteiger partial charge on any atom is -0.497 e. The maximum Gasteiger partial charge on any atom is 0.271 e. The number of amides is 1. The lowest BCUT2D eigenvalue weighted by atomic mass is 10.2. The number of nitrogens with one attached hydrogen (secondary N) is 1. The zero-order valence-corrected chi connectivity index (χ0v) is 14.9. The van der Waals surface area contributed by atoms with Crippen molar-refractivity contribution in [2.75, 3.05) is 7.11 Å². The number of imidazole rings is 1. The van der Waals surface area contributed by atoms with E-state index in [0.29, 0.717) is 12.2 Å². The van der Waals surface area contributed by atoms with E-state index in [1.165, 1.54) is 11.3 Å². The Morgan fingerprint density at radius 1 is 1.19 bits per heavy atom. The van der Waals surface area contributed by atoms with Crippen LogP contribution in [0.4, 0.5) is 0 Å². The number of thiazole rings is 1. The van der Waals surface area contributed by atoms with Gasteiger partial charge in [0.05, 0.1) is 24.2 Å². The summed E-state index contributed by atoms with van der Waals surface area (Å²) in [7, 11) is 1.65. The molecule has 4 aromatic rings. The quantitative estimate of drug-likeness (QED) is 0.589. The van der Waals surface area contributed by atoms with Gasteiger partial charge in [-0.1, -0.05) is 17.4 Å². The van der Waals surface area contributed by atoms with Crippen LogP contribution in [0.3, 0.4) is 0 Å².